The van der Waals surface area contributed by atoms with Crippen LogP contribution in [-0.2, 0) is 0 Å². The van der Waals surface area contributed by atoms with Gasteiger partial charge in [-0.05, 0) is 46.7 Å². The molecular weight excluding hydrogens is 349 g/mol. The zero-order chi connectivity index (χ0) is 13.3. The lowest BCUT2D eigenvalue weighted by Crippen LogP contribution is -2.05. The Morgan fingerprint density at radius 3 is 2.50 bits per heavy atom. The van der Waals surface area contributed by atoms with E-state index in [1.54, 1.807) is 12.1 Å². The molecule has 2 aromatic rings. The van der Waals surface area contributed by atoms with Crippen LogP contribution < -0.4 is 0 Å². The molecule has 1 nitrogen and oxygen atoms in total. The zero-order valence-electron chi connectivity index (χ0n) is 9.62. The van der Waals surface area contributed by atoms with Gasteiger partial charge in [0.1, 0.15) is 17.7 Å². The fraction of sp³-hybridized carbons (Fsp3) is 0.143. The van der Waals surface area contributed by atoms with Crippen LogP contribution in [0, 0.1) is 22.1 Å². The molecule has 1 unspecified atom stereocenters. The predicted molar refractivity (Wildman–Crippen MR) is 74.3 cm³/mol. The summed E-state index contributed by atoms with van der Waals surface area (Å²) in [4.78, 5) is 0. The Morgan fingerprint density at radius 2 is 1.83 bits per heavy atom. The maximum atomic E-state index is 13.6. The third-order valence-electron chi connectivity index (χ3n) is 2.77. The van der Waals surface area contributed by atoms with E-state index in [1.165, 1.54) is 6.07 Å². The van der Waals surface area contributed by atoms with Crippen LogP contribution in [0.5, 0.6) is 0 Å². The third kappa shape index (κ3) is 2.54. The van der Waals surface area contributed by atoms with E-state index in [1.807, 2.05) is 13.0 Å². The molecule has 2 rings (SSSR count). The van der Waals surface area contributed by atoms with Crippen LogP contribution in [0.4, 0.5) is 8.78 Å². The van der Waals surface area contributed by atoms with E-state index in [2.05, 4.69) is 22.6 Å². The largest absolute Gasteiger partial charge is 0.384 e. The summed E-state index contributed by atoms with van der Waals surface area (Å²) >= 11 is 2.11. The van der Waals surface area contributed by atoms with Gasteiger partial charge < -0.3 is 5.11 Å². The fourth-order valence-electron chi connectivity index (χ4n) is 1.77. The number of hydrogen-bond acceptors (Lipinski definition) is 1. The van der Waals surface area contributed by atoms with Crippen molar-refractivity contribution in [2.24, 2.45) is 0 Å². The average Bonchev–Trinajstić information content (AvgIpc) is 2.32. The molecule has 2 aromatic carbocycles. The molecule has 0 saturated carbocycles. The first-order valence-corrected chi connectivity index (χ1v) is 6.46. The van der Waals surface area contributed by atoms with Gasteiger partial charge in [0.2, 0.25) is 0 Å². The van der Waals surface area contributed by atoms with Crippen molar-refractivity contribution < 1.29 is 13.9 Å². The average molecular weight is 360 g/mol. The Morgan fingerprint density at radius 1 is 1.11 bits per heavy atom. The summed E-state index contributed by atoms with van der Waals surface area (Å²) in [6.45, 7) is 1.92. The van der Waals surface area contributed by atoms with Crippen molar-refractivity contribution in [1.82, 2.24) is 0 Å². The van der Waals surface area contributed by atoms with Crippen molar-refractivity contribution in [3.05, 3.63) is 68.3 Å². The van der Waals surface area contributed by atoms with Crippen LogP contribution in [0.2, 0.25) is 0 Å². The van der Waals surface area contributed by atoms with Crippen molar-refractivity contribution in [1.29, 1.82) is 0 Å². The topological polar surface area (TPSA) is 20.2 Å². The van der Waals surface area contributed by atoms with E-state index >= 15 is 0 Å². The Labute approximate surface area is 118 Å². The van der Waals surface area contributed by atoms with Gasteiger partial charge in [-0.15, -0.1) is 0 Å². The number of hydrogen-bond donors (Lipinski definition) is 1. The van der Waals surface area contributed by atoms with Crippen molar-refractivity contribution in [3.63, 3.8) is 0 Å². The number of halogens is 3. The Hall–Kier alpha value is -1.01. The summed E-state index contributed by atoms with van der Waals surface area (Å²) in [5.41, 5.74) is 1.72. The van der Waals surface area contributed by atoms with Gasteiger partial charge in [0.25, 0.3) is 0 Å². The second-order valence-corrected chi connectivity index (χ2v) is 5.13. The van der Waals surface area contributed by atoms with Crippen molar-refractivity contribution >= 4 is 22.6 Å². The molecule has 0 aliphatic rings. The molecule has 0 bridgehead atoms. The third-order valence-corrected chi connectivity index (χ3v) is 4.25. The van der Waals surface area contributed by atoms with Crippen LogP contribution in [0.3, 0.4) is 0 Å². The lowest BCUT2D eigenvalue weighted by Gasteiger charge is -2.15. The molecule has 18 heavy (non-hydrogen) atoms. The number of aryl methyl sites for hydroxylation is 1. The van der Waals surface area contributed by atoms with E-state index in [4.69, 9.17) is 0 Å². The summed E-state index contributed by atoms with van der Waals surface area (Å²) in [7, 11) is 0. The van der Waals surface area contributed by atoms with E-state index in [-0.39, 0.29) is 5.56 Å². The summed E-state index contributed by atoms with van der Waals surface area (Å²) < 4.78 is 27.3. The molecule has 0 aromatic heterocycles. The van der Waals surface area contributed by atoms with Gasteiger partial charge in [0, 0.05) is 15.2 Å². The van der Waals surface area contributed by atoms with Gasteiger partial charge in [0.05, 0.1) is 0 Å². The highest BCUT2D eigenvalue weighted by Gasteiger charge is 2.18. The van der Waals surface area contributed by atoms with Crippen LogP contribution in [0.1, 0.15) is 22.8 Å². The minimum atomic E-state index is -1.09. The SMILES string of the molecule is Cc1cccc(C(O)c2ccc(F)cc2F)c1I. The molecule has 0 aliphatic carbocycles. The Kier molecular flexibility index (Phi) is 3.97. The van der Waals surface area contributed by atoms with Crippen molar-refractivity contribution in [3.8, 4) is 0 Å². The fourth-order valence-corrected chi connectivity index (χ4v) is 2.43. The standard InChI is InChI=1S/C14H11F2IO/c1-8-3-2-4-11(13(8)17)14(18)10-6-5-9(15)7-12(10)16/h2-7,14,18H,1H3. The first kappa shape index (κ1) is 13.4. The smallest absolute Gasteiger partial charge is 0.132 e. The summed E-state index contributed by atoms with van der Waals surface area (Å²) in [5, 5.41) is 10.2. The van der Waals surface area contributed by atoms with Crippen molar-refractivity contribution in [2.45, 2.75) is 13.0 Å². The van der Waals surface area contributed by atoms with E-state index < -0.39 is 17.7 Å². The van der Waals surface area contributed by atoms with Gasteiger partial charge in [-0.1, -0.05) is 24.3 Å². The molecule has 0 spiro atoms. The highest BCUT2D eigenvalue weighted by Crippen LogP contribution is 2.29. The van der Waals surface area contributed by atoms with Crippen molar-refractivity contribution in [2.75, 3.05) is 0 Å². The van der Waals surface area contributed by atoms with E-state index in [0.29, 0.717) is 5.56 Å². The van der Waals surface area contributed by atoms with Gasteiger partial charge in [-0.25, -0.2) is 8.78 Å². The van der Waals surface area contributed by atoms with Crippen LogP contribution in [-0.4, -0.2) is 5.11 Å². The second-order valence-electron chi connectivity index (χ2n) is 4.05. The van der Waals surface area contributed by atoms with E-state index in [9.17, 15) is 13.9 Å². The molecule has 0 fully saturated rings. The lowest BCUT2D eigenvalue weighted by molar-refractivity contribution is 0.213. The monoisotopic (exact) mass is 360 g/mol. The Balaban J connectivity index is 2.48. The first-order valence-electron chi connectivity index (χ1n) is 5.38. The van der Waals surface area contributed by atoms with Crippen LogP contribution in [0.15, 0.2) is 36.4 Å². The first-order chi connectivity index (χ1) is 8.50. The summed E-state index contributed by atoms with van der Waals surface area (Å²) in [5.74, 6) is -1.39. The minimum absolute atomic E-state index is 0.0833. The summed E-state index contributed by atoms with van der Waals surface area (Å²) in [6, 6.07) is 8.65. The number of aliphatic hydroxyl groups is 1. The van der Waals surface area contributed by atoms with E-state index in [0.717, 1.165) is 21.3 Å². The highest BCUT2D eigenvalue weighted by molar-refractivity contribution is 14.1. The number of benzene rings is 2. The molecule has 1 N–H and O–H groups in total. The molecule has 1 atom stereocenters. The summed E-state index contributed by atoms with van der Waals surface area (Å²) in [6.07, 6.45) is -1.09. The van der Waals surface area contributed by atoms with Gasteiger partial charge in [-0.3, -0.25) is 0 Å². The number of aliphatic hydroxyl groups excluding tert-OH is 1. The molecule has 0 aliphatic heterocycles. The maximum Gasteiger partial charge on any atom is 0.132 e. The predicted octanol–water partition coefficient (Wildman–Crippen LogP) is 3.96. The molecule has 0 heterocycles. The zero-order valence-corrected chi connectivity index (χ0v) is 11.8. The van der Waals surface area contributed by atoms with Crippen LogP contribution in [0.25, 0.3) is 0 Å². The van der Waals surface area contributed by atoms with Gasteiger partial charge >= 0.3 is 0 Å². The molecule has 0 amide bonds. The minimum Gasteiger partial charge on any atom is -0.384 e. The highest BCUT2D eigenvalue weighted by atomic mass is 127. The quantitative estimate of drug-likeness (QED) is 0.804. The van der Waals surface area contributed by atoms with Gasteiger partial charge in [-0.2, -0.15) is 0 Å². The lowest BCUT2D eigenvalue weighted by atomic mass is 9.99. The second kappa shape index (κ2) is 5.32. The molecular formula is C14H11F2IO. The molecule has 4 heteroatoms. The number of rotatable bonds is 2. The molecule has 0 saturated heterocycles. The van der Waals surface area contributed by atoms with Gasteiger partial charge in [0.15, 0.2) is 0 Å². The molecule has 94 valence electrons. The normalized spacial score (nSPS) is 12.5. The molecule has 0 radical (unpaired) electrons. The maximum absolute atomic E-state index is 13.6. The van der Waals surface area contributed by atoms with Crippen LogP contribution >= 0.6 is 22.6 Å². The Bertz CT molecular complexity index is 584.